The van der Waals surface area contributed by atoms with Crippen molar-refractivity contribution >= 4 is 23.4 Å². The van der Waals surface area contributed by atoms with Crippen molar-refractivity contribution in [2.45, 2.75) is 24.6 Å². The highest BCUT2D eigenvalue weighted by atomic mass is 35.5. The number of aromatic nitrogens is 1. The smallest absolute Gasteiger partial charge is 0.234 e. The Balaban J connectivity index is 2.28. The number of carbonyl (C=O) groups excluding carboxylic acids is 2. The number of rotatable bonds is 2. The van der Waals surface area contributed by atoms with Gasteiger partial charge in [-0.05, 0) is 18.1 Å². The van der Waals surface area contributed by atoms with Crippen LogP contribution in [-0.2, 0) is 15.5 Å². The number of amides is 2. The van der Waals surface area contributed by atoms with Gasteiger partial charge in [-0.2, -0.15) is 4.39 Å². The van der Waals surface area contributed by atoms with Gasteiger partial charge in [0.1, 0.15) is 0 Å². The van der Waals surface area contributed by atoms with Crippen LogP contribution in [0.4, 0.5) is 4.39 Å². The van der Waals surface area contributed by atoms with Crippen LogP contribution in [0, 0.1) is 5.95 Å². The molecule has 90 valence electrons. The number of nitrogens with zero attached hydrogens (tertiary/aromatic N) is 1. The van der Waals surface area contributed by atoms with Crippen LogP contribution in [0.1, 0.15) is 29.9 Å². The summed E-state index contributed by atoms with van der Waals surface area (Å²) < 4.78 is 13.1. The van der Waals surface area contributed by atoms with Crippen LogP contribution in [-0.4, -0.2) is 16.8 Å². The molecular formula is C11H10ClFN2O2. The molecule has 6 heteroatoms. The summed E-state index contributed by atoms with van der Waals surface area (Å²) >= 11 is 5.57. The maximum Gasteiger partial charge on any atom is 0.234 e. The molecule has 1 atom stereocenters. The maximum absolute atomic E-state index is 13.1. The van der Waals surface area contributed by atoms with Crippen molar-refractivity contribution in [1.82, 2.24) is 10.3 Å². The van der Waals surface area contributed by atoms with E-state index in [4.69, 9.17) is 11.6 Å². The van der Waals surface area contributed by atoms with Crippen molar-refractivity contribution in [3.05, 3.63) is 29.3 Å². The van der Waals surface area contributed by atoms with Crippen molar-refractivity contribution in [2.75, 3.05) is 0 Å². The van der Waals surface area contributed by atoms with Crippen LogP contribution < -0.4 is 5.32 Å². The maximum atomic E-state index is 13.1. The van der Waals surface area contributed by atoms with Gasteiger partial charge in [0, 0.05) is 18.2 Å². The van der Waals surface area contributed by atoms with E-state index in [2.05, 4.69) is 10.3 Å². The quantitative estimate of drug-likeness (QED) is 0.495. The van der Waals surface area contributed by atoms with Crippen LogP contribution in [0.15, 0.2) is 12.3 Å². The Kier molecular flexibility index (Phi) is 3.38. The molecule has 0 bridgehead atoms. The van der Waals surface area contributed by atoms with Crippen molar-refractivity contribution in [3.8, 4) is 0 Å². The van der Waals surface area contributed by atoms with E-state index in [9.17, 15) is 14.0 Å². The Hall–Kier alpha value is -1.49. The topological polar surface area (TPSA) is 59.1 Å². The molecule has 1 aliphatic heterocycles. The average Bonchev–Trinajstić information content (AvgIpc) is 2.30. The lowest BCUT2D eigenvalue weighted by molar-refractivity contribution is -0.134. The highest BCUT2D eigenvalue weighted by Gasteiger charge is 2.28. The molecule has 17 heavy (non-hydrogen) atoms. The zero-order chi connectivity index (χ0) is 12.4. The predicted molar refractivity (Wildman–Crippen MR) is 58.9 cm³/mol. The summed E-state index contributed by atoms with van der Waals surface area (Å²) in [6.07, 6.45) is 2.01. The molecule has 2 rings (SSSR count). The van der Waals surface area contributed by atoms with Crippen LogP contribution in [0.3, 0.4) is 0 Å². The third-order valence-electron chi connectivity index (χ3n) is 2.72. The van der Waals surface area contributed by atoms with Crippen molar-refractivity contribution < 1.29 is 14.0 Å². The largest absolute Gasteiger partial charge is 0.296 e. The monoisotopic (exact) mass is 256 g/mol. The van der Waals surface area contributed by atoms with Crippen LogP contribution in [0.2, 0.25) is 0 Å². The van der Waals surface area contributed by atoms with E-state index in [-0.39, 0.29) is 29.7 Å². The minimum absolute atomic E-state index is 0.0000566. The zero-order valence-electron chi connectivity index (χ0n) is 8.87. The number of nitrogens with one attached hydrogen (secondary N) is 1. The molecule has 0 radical (unpaired) electrons. The third-order valence-corrected chi connectivity index (χ3v) is 3.01. The molecule has 4 nitrogen and oxygen atoms in total. The predicted octanol–water partition coefficient (Wildman–Crippen LogP) is 1.48. The van der Waals surface area contributed by atoms with Gasteiger partial charge in [-0.25, -0.2) is 4.98 Å². The van der Waals surface area contributed by atoms with E-state index in [1.165, 1.54) is 12.3 Å². The van der Waals surface area contributed by atoms with E-state index < -0.39 is 11.9 Å². The number of alkyl halides is 1. The molecule has 0 aromatic carbocycles. The molecule has 0 spiro atoms. The summed E-state index contributed by atoms with van der Waals surface area (Å²) in [5.41, 5.74) is 0.848. The number of imide groups is 1. The van der Waals surface area contributed by atoms with Crippen molar-refractivity contribution in [3.63, 3.8) is 0 Å². The average molecular weight is 257 g/mol. The summed E-state index contributed by atoms with van der Waals surface area (Å²) in [7, 11) is 0. The molecular weight excluding hydrogens is 247 g/mol. The lowest BCUT2D eigenvalue weighted by atomic mass is 9.91. The van der Waals surface area contributed by atoms with Gasteiger partial charge in [-0.15, -0.1) is 11.6 Å². The van der Waals surface area contributed by atoms with Gasteiger partial charge >= 0.3 is 0 Å². The second kappa shape index (κ2) is 4.79. The number of hydrogen-bond donors (Lipinski definition) is 1. The summed E-state index contributed by atoms with van der Waals surface area (Å²) in [5, 5.41) is 2.25. The molecule has 1 aliphatic rings. The fourth-order valence-electron chi connectivity index (χ4n) is 1.81. The molecule has 1 N–H and O–H groups in total. The molecule has 1 fully saturated rings. The second-order valence-corrected chi connectivity index (χ2v) is 4.12. The van der Waals surface area contributed by atoms with Crippen LogP contribution >= 0.6 is 11.6 Å². The van der Waals surface area contributed by atoms with E-state index >= 15 is 0 Å². The minimum atomic E-state index is -0.629. The molecule has 1 saturated heterocycles. The first-order valence-electron chi connectivity index (χ1n) is 5.16. The Morgan fingerprint density at radius 2 is 2.29 bits per heavy atom. The summed E-state index contributed by atoms with van der Waals surface area (Å²) in [4.78, 5) is 26.2. The highest BCUT2D eigenvalue weighted by Crippen LogP contribution is 2.25. The fraction of sp³-hybridized carbons (Fsp3) is 0.364. The first-order valence-corrected chi connectivity index (χ1v) is 5.69. The lowest BCUT2D eigenvalue weighted by Crippen LogP contribution is -2.39. The standard InChI is InChI=1S/C11H10ClFN2O2/c12-4-6-3-7(5-14-10(6)13)8-1-2-9(16)15-11(8)17/h3,5,8H,1-2,4H2,(H,15,16,17). The Morgan fingerprint density at radius 3 is 2.94 bits per heavy atom. The van der Waals surface area contributed by atoms with Gasteiger partial charge in [-0.3, -0.25) is 14.9 Å². The Bertz CT molecular complexity index is 479. The number of pyridine rings is 1. The number of carbonyl (C=O) groups is 2. The molecule has 1 aromatic heterocycles. The molecule has 2 amide bonds. The normalized spacial score (nSPS) is 20.2. The minimum Gasteiger partial charge on any atom is -0.296 e. The van der Waals surface area contributed by atoms with E-state index in [1.807, 2.05) is 0 Å². The molecule has 1 unspecified atom stereocenters. The van der Waals surface area contributed by atoms with Gasteiger partial charge < -0.3 is 0 Å². The van der Waals surface area contributed by atoms with Gasteiger partial charge in [-0.1, -0.05) is 0 Å². The molecule has 1 aromatic rings. The second-order valence-electron chi connectivity index (χ2n) is 3.86. The van der Waals surface area contributed by atoms with Crippen LogP contribution in [0.25, 0.3) is 0 Å². The summed E-state index contributed by atoms with van der Waals surface area (Å²) in [6.45, 7) is 0. The Morgan fingerprint density at radius 1 is 1.53 bits per heavy atom. The van der Waals surface area contributed by atoms with Gasteiger partial charge in [0.25, 0.3) is 0 Å². The first-order chi connectivity index (χ1) is 8.11. The van der Waals surface area contributed by atoms with Gasteiger partial charge in [0.05, 0.1) is 11.8 Å². The highest BCUT2D eigenvalue weighted by molar-refractivity contribution is 6.17. The zero-order valence-corrected chi connectivity index (χ0v) is 9.63. The summed E-state index contributed by atoms with van der Waals surface area (Å²) in [5.74, 6) is -1.73. The van der Waals surface area contributed by atoms with E-state index in [1.54, 1.807) is 0 Å². The van der Waals surface area contributed by atoms with Crippen LogP contribution in [0.5, 0.6) is 0 Å². The summed E-state index contributed by atoms with van der Waals surface area (Å²) in [6, 6.07) is 1.52. The lowest BCUT2D eigenvalue weighted by Gasteiger charge is -2.21. The number of hydrogen-bond acceptors (Lipinski definition) is 3. The third kappa shape index (κ3) is 2.44. The molecule has 2 heterocycles. The first kappa shape index (κ1) is 12.0. The molecule has 0 aliphatic carbocycles. The van der Waals surface area contributed by atoms with E-state index in [0.717, 1.165) is 0 Å². The van der Waals surface area contributed by atoms with Crippen molar-refractivity contribution in [2.24, 2.45) is 0 Å². The van der Waals surface area contributed by atoms with Gasteiger partial charge in [0.2, 0.25) is 17.8 Å². The van der Waals surface area contributed by atoms with E-state index in [0.29, 0.717) is 12.0 Å². The number of piperidine rings is 1. The SMILES string of the molecule is O=C1CCC(c2cnc(F)c(CCl)c2)C(=O)N1. The fourth-order valence-corrected chi connectivity index (χ4v) is 2.00. The molecule has 0 saturated carbocycles. The van der Waals surface area contributed by atoms with Gasteiger partial charge in [0.15, 0.2) is 0 Å². The number of halogens is 2. The van der Waals surface area contributed by atoms with Crippen molar-refractivity contribution in [1.29, 1.82) is 0 Å². The Labute approximate surface area is 102 Å².